The van der Waals surface area contributed by atoms with Crippen LogP contribution in [0.2, 0.25) is 5.02 Å². The number of benzene rings is 2. The molecule has 2 nitrogen and oxygen atoms in total. The standard InChI is InChI=1S/C15H12ClFN2S/c16-11-5-3-7-13-14(11)18-15(20)19(13)9-8-10-4-1-2-6-12(10)17/h1-7H,8-9H2,(H,18,20). The number of aromatic amines is 1. The number of hydrogen-bond acceptors (Lipinski definition) is 1. The largest absolute Gasteiger partial charge is 0.329 e. The predicted molar refractivity (Wildman–Crippen MR) is 82.2 cm³/mol. The summed E-state index contributed by atoms with van der Waals surface area (Å²) in [5.74, 6) is -0.183. The zero-order valence-corrected chi connectivity index (χ0v) is 12.1. The molecule has 0 amide bonds. The highest BCUT2D eigenvalue weighted by molar-refractivity contribution is 7.71. The molecule has 0 atom stereocenters. The second kappa shape index (κ2) is 5.38. The number of aryl methyl sites for hydroxylation is 2. The van der Waals surface area contributed by atoms with Gasteiger partial charge in [0.15, 0.2) is 4.77 Å². The predicted octanol–water partition coefficient (Wildman–Crippen LogP) is 4.73. The van der Waals surface area contributed by atoms with Crippen LogP contribution in [0, 0.1) is 10.6 Å². The van der Waals surface area contributed by atoms with Gasteiger partial charge in [-0.1, -0.05) is 35.9 Å². The van der Waals surface area contributed by atoms with Crippen molar-refractivity contribution in [2.45, 2.75) is 13.0 Å². The molecular formula is C15H12ClFN2S. The van der Waals surface area contributed by atoms with Crippen LogP contribution in [0.4, 0.5) is 4.39 Å². The van der Waals surface area contributed by atoms with Crippen LogP contribution in [0.15, 0.2) is 42.5 Å². The van der Waals surface area contributed by atoms with Gasteiger partial charge in [-0.05, 0) is 42.4 Å². The van der Waals surface area contributed by atoms with Crippen LogP contribution in [0.25, 0.3) is 11.0 Å². The van der Waals surface area contributed by atoms with E-state index in [1.807, 2.05) is 28.8 Å². The fraction of sp³-hybridized carbons (Fsp3) is 0.133. The van der Waals surface area contributed by atoms with Crippen LogP contribution in [-0.4, -0.2) is 9.55 Å². The maximum absolute atomic E-state index is 13.6. The van der Waals surface area contributed by atoms with Crippen LogP contribution >= 0.6 is 23.8 Å². The van der Waals surface area contributed by atoms with Gasteiger partial charge in [0.25, 0.3) is 0 Å². The Balaban J connectivity index is 1.96. The Kier molecular flexibility index (Phi) is 3.59. The van der Waals surface area contributed by atoms with Gasteiger partial charge < -0.3 is 9.55 Å². The summed E-state index contributed by atoms with van der Waals surface area (Å²) < 4.78 is 16.2. The lowest BCUT2D eigenvalue weighted by Crippen LogP contribution is -2.02. The SMILES string of the molecule is Fc1ccccc1CCn1c(=S)[nH]c2c(Cl)cccc21. The van der Waals surface area contributed by atoms with Gasteiger partial charge >= 0.3 is 0 Å². The Bertz CT molecular complexity index is 822. The van der Waals surface area contributed by atoms with Crippen molar-refractivity contribution >= 4 is 34.9 Å². The summed E-state index contributed by atoms with van der Waals surface area (Å²) in [6.45, 7) is 0.611. The van der Waals surface area contributed by atoms with Crippen molar-refractivity contribution < 1.29 is 4.39 Å². The van der Waals surface area contributed by atoms with Crippen molar-refractivity contribution in [3.63, 3.8) is 0 Å². The molecular weight excluding hydrogens is 295 g/mol. The van der Waals surface area contributed by atoms with Gasteiger partial charge in [0.1, 0.15) is 5.82 Å². The van der Waals surface area contributed by atoms with Crippen LogP contribution in [0.5, 0.6) is 0 Å². The number of hydrogen-bond donors (Lipinski definition) is 1. The molecule has 0 bridgehead atoms. The Labute approximate surface area is 125 Å². The third-order valence-electron chi connectivity index (χ3n) is 3.32. The summed E-state index contributed by atoms with van der Waals surface area (Å²) in [7, 11) is 0. The number of fused-ring (bicyclic) bond motifs is 1. The summed E-state index contributed by atoms with van der Waals surface area (Å²) in [6, 6.07) is 12.4. The van der Waals surface area contributed by atoms with E-state index >= 15 is 0 Å². The molecule has 0 fully saturated rings. The zero-order valence-electron chi connectivity index (χ0n) is 10.6. The fourth-order valence-electron chi connectivity index (χ4n) is 2.30. The second-order valence-electron chi connectivity index (χ2n) is 4.56. The van der Waals surface area contributed by atoms with E-state index in [2.05, 4.69) is 4.98 Å². The Morgan fingerprint density at radius 3 is 2.75 bits per heavy atom. The molecule has 2 aromatic carbocycles. The number of rotatable bonds is 3. The maximum Gasteiger partial charge on any atom is 0.178 e. The molecule has 3 rings (SSSR count). The fourth-order valence-corrected chi connectivity index (χ4v) is 2.81. The van der Waals surface area contributed by atoms with Crippen LogP contribution in [0.3, 0.4) is 0 Å². The topological polar surface area (TPSA) is 20.7 Å². The van der Waals surface area contributed by atoms with E-state index in [1.54, 1.807) is 12.1 Å². The van der Waals surface area contributed by atoms with Gasteiger partial charge in [-0.25, -0.2) is 4.39 Å². The molecule has 102 valence electrons. The number of halogens is 2. The van der Waals surface area contributed by atoms with Gasteiger partial charge in [0.2, 0.25) is 0 Å². The van der Waals surface area contributed by atoms with Gasteiger partial charge in [-0.3, -0.25) is 0 Å². The van der Waals surface area contributed by atoms with Crippen molar-refractivity contribution in [2.24, 2.45) is 0 Å². The molecule has 0 saturated heterocycles. The lowest BCUT2D eigenvalue weighted by Gasteiger charge is -2.06. The van der Waals surface area contributed by atoms with E-state index in [4.69, 9.17) is 23.8 Å². The summed E-state index contributed by atoms with van der Waals surface area (Å²) in [4.78, 5) is 3.10. The molecule has 0 aliphatic rings. The van der Waals surface area contributed by atoms with Crippen LogP contribution < -0.4 is 0 Å². The molecule has 0 spiro atoms. The molecule has 20 heavy (non-hydrogen) atoms. The monoisotopic (exact) mass is 306 g/mol. The average Bonchev–Trinajstić information content (AvgIpc) is 2.76. The third kappa shape index (κ3) is 2.37. The number of nitrogens with zero attached hydrogens (tertiary/aromatic N) is 1. The Hall–Kier alpha value is -1.65. The van der Waals surface area contributed by atoms with Crippen molar-refractivity contribution in [1.29, 1.82) is 0 Å². The maximum atomic E-state index is 13.6. The molecule has 0 aliphatic carbocycles. The van der Waals surface area contributed by atoms with Gasteiger partial charge in [-0.15, -0.1) is 0 Å². The lowest BCUT2D eigenvalue weighted by molar-refractivity contribution is 0.595. The van der Waals surface area contributed by atoms with Gasteiger partial charge in [0, 0.05) is 6.54 Å². The number of nitrogens with one attached hydrogen (secondary N) is 1. The lowest BCUT2D eigenvalue weighted by atomic mass is 10.1. The minimum atomic E-state index is -0.183. The van der Waals surface area contributed by atoms with Crippen molar-refractivity contribution in [2.75, 3.05) is 0 Å². The number of aromatic nitrogens is 2. The first-order valence-corrected chi connectivity index (χ1v) is 7.06. The van der Waals surface area contributed by atoms with Crippen molar-refractivity contribution in [3.8, 4) is 0 Å². The number of imidazole rings is 1. The summed E-state index contributed by atoms with van der Waals surface area (Å²) in [5, 5.41) is 0.637. The first-order chi connectivity index (χ1) is 9.66. The Morgan fingerprint density at radius 1 is 1.15 bits per heavy atom. The smallest absolute Gasteiger partial charge is 0.178 e. The van der Waals surface area contributed by atoms with E-state index in [0.29, 0.717) is 28.3 Å². The highest BCUT2D eigenvalue weighted by atomic mass is 35.5. The number of H-pyrrole nitrogens is 1. The Morgan fingerprint density at radius 2 is 1.95 bits per heavy atom. The van der Waals surface area contributed by atoms with Gasteiger partial charge in [-0.2, -0.15) is 0 Å². The third-order valence-corrected chi connectivity index (χ3v) is 3.96. The van der Waals surface area contributed by atoms with E-state index < -0.39 is 0 Å². The van der Waals surface area contributed by atoms with Crippen LogP contribution in [-0.2, 0) is 13.0 Å². The van der Waals surface area contributed by atoms with Crippen molar-refractivity contribution in [3.05, 3.63) is 63.6 Å². The molecule has 1 heterocycles. The minimum absolute atomic E-state index is 0.183. The first-order valence-electron chi connectivity index (χ1n) is 6.27. The summed E-state index contributed by atoms with van der Waals surface area (Å²) >= 11 is 11.4. The van der Waals surface area contributed by atoms with E-state index in [9.17, 15) is 4.39 Å². The van der Waals surface area contributed by atoms with Crippen molar-refractivity contribution in [1.82, 2.24) is 9.55 Å². The minimum Gasteiger partial charge on any atom is -0.329 e. The quantitative estimate of drug-likeness (QED) is 0.694. The summed E-state index contributed by atoms with van der Waals surface area (Å²) in [6.07, 6.45) is 0.584. The molecule has 1 N–H and O–H groups in total. The second-order valence-corrected chi connectivity index (χ2v) is 5.35. The molecule has 0 unspecified atom stereocenters. The van der Waals surface area contributed by atoms with E-state index in [1.165, 1.54) is 6.07 Å². The first kappa shape index (κ1) is 13.3. The highest BCUT2D eigenvalue weighted by Gasteiger charge is 2.08. The van der Waals surface area contributed by atoms with Crippen LogP contribution in [0.1, 0.15) is 5.56 Å². The zero-order chi connectivity index (χ0) is 14.1. The molecule has 1 aromatic heterocycles. The highest BCUT2D eigenvalue weighted by Crippen LogP contribution is 2.23. The van der Waals surface area contributed by atoms with Gasteiger partial charge in [0.05, 0.1) is 16.1 Å². The average molecular weight is 307 g/mol. The van der Waals surface area contributed by atoms with E-state index in [0.717, 1.165) is 11.0 Å². The molecule has 5 heteroatoms. The molecule has 0 aliphatic heterocycles. The van der Waals surface area contributed by atoms with E-state index in [-0.39, 0.29) is 5.82 Å². The summed E-state index contributed by atoms with van der Waals surface area (Å²) in [5.41, 5.74) is 2.46. The molecule has 0 saturated carbocycles. The normalized spacial score (nSPS) is 11.1. The molecule has 3 aromatic rings. The number of para-hydroxylation sites is 1. The molecule has 0 radical (unpaired) electrons.